The molecule has 2 heterocycles. The SMILES string of the molecule is COc1ccc(CNC(=O)C[NH+](Cc2ccco2)Cc2cccs2)cc1OC. The van der Waals surface area contributed by atoms with Crippen LogP contribution < -0.4 is 19.7 Å². The molecule has 1 unspecified atom stereocenters. The Hall–Kier alpha value is -2.77. The van der Waals surface area contributed by atoms with Gasteiger partial charge >= 0.3 is 0 Å². The van der Waals surface area contributed by atoms with Crippen molar-refractivity contribution in [3.63, 3.8) is 0 Å². The molecule has 0 fully saturated rings. The van der Waals surface area contributed by atoms with Gasteiger partial charge in [-0.05, 0) is 41.3 Å². The minimum Gasteiger partial charge on any atom is -0.493 e. The summed E-state index contributed by atoms with van der Waals surface area (Å²) in [5.74, 6) is 2.19. The third kappa shape index (κ3) is 5.61. The molecule has 0 saturated heterocycles. The summed E-state index contributed by atoms with van der Waals surface area (Å²) in [7, 11) is 3.20. The van der Waals surface area contributed by atoms with Gasteiger partial charge in [-0.15, -0.1) is 11.3 Å². The second-order valence-electron chi connectivity index (χ2n) is 6.41. The molecule has 0 saturated carbocycles. The second-order valence-corrected chi connectivity index (χ2v) is 7.44. The summed E-state index contributed by atoms with van der Waals surface area (Å²) in [4.78, 5) is 14.9. The van der Waals surface area contributed by atoms with Gasteiger partial charge in [0.15, 0.2) is 23.8 Å². The lowest BCUT2D eigenvalue weighted by atomic mass is 10.2. The van der Waals surface area contributed by atoms with E-state index in [1.54, 1.807) is 31.8 Å². The van der Waals surface area contributed by atoms with E-state index in [9.17, 15) is 4.79 Å². The number of methoxy groups -OCH3 is 2. The number of carbonyl (C=O) groups is 1. The third-order valence-corrected chi connectivity index (χ3v) is 5.23. The Kier molecular flexibility index (Phi) is 7.11. The molecule has 0 aliphatic heterocycles. The first kappa shape index (κ1) is 20.0. The molecule has 6 nitrogen and oxygen atoms in total. The van der Waals surface area contributed by atoms with Gasteiger partial charge in [-0.2, -0.15) is 0 Å². The molecule has 2 aromatic heterocycles. The molecule has 1 aromatic carbocycles. The molecule has 1 amide bonds. The van der Waals surface area contributed by atoms with Crippen LogP contribution in [0.3, 0.4) is 0 Å². The first-order valence-electron chi connectivity index (χ1n) is 9.04. The lowest BCUT2D eigenvalue weighted by Crippen LogP contribution is -3.10. The van der Waals surface area contributed by atoms with Gasteiger partial charge in [0.25, 0.3) is 5.91 Å². The largest absolute Gasteiger partial charge is 0.493 e. The maximum absolute atomic E-state index is 12.5. The highest BCUT2D eigenvalue weighted by atomic mass is 32.1. The zero-order chi connectivity index (χ0) is 19.8. The van der Waals surface area contributed by atoms with Crippen LogP contribution >= 0.6 is 11.3 Å². The van der Waals surface area contributed by atoms with Crippen molar-refractivity contribution in [2.45, 2.75) is 19.6 Å². The Balaban J connectivity index is 1.58. The Morgan fingerprint density at radius 1 is 1.11 bits per heavy atom. The van der Waals surface area contributed by atoms with Crippen molar-refractivity contribution >= 4 is 17.2 Å². The van der Waals surface area contributed by atoms with E-state index < -0.39 is 0 Å². The van der Waals surface area contributed by atoms with Gasteiger partial charge in [0.1, 0.15) is 13.1 Å². The molecule has 2 N–H and O–H groups in total. The van der Waals surface area contributed by atoms with Crippen LogP contribution in [0.2, 0.25) is 0 Å². The number of ether oxygens (including phenoxy) is 2. The summed E-state index contributed by atoms with van der Waals surface area (Å²) in [6.45, 7) is 2.24. The fourth-order valence-corrected chi connectivity index (χ4v) is 3.76. The maximum atomic E-state index is 12.5. The van der Waals surface area contributed by atoms with Gasteiger partial charge in [-0.25, -0.2) is 0 Å². The standard InChI is InChI=1S/C21H24N2O4S/c1-25-19-8-7-16(11-20(19)26-2)12-22-21(24)15-23(13-17-5-3-9-27-17)14-18-6-4-10-28-18/h3-11H,12-15H2,1-2H3,(H,22,24)/p+1. The van der Waals surface area contributed by atoms with Gasteiger partial charge in [0, 0.05) is 6.54 Å². The average Bonchev–Trinajstić information content (AvgIpc) is 3.40. The Bertz CT molecular complexity index is 826. The lowest BCUT2D eigenvalue weighted by molar-refractivity contribution is -0.920. The molecule has 7 heteroatoms. The van der Waals surface area contributed by atoms with Crippen molar-refractivity contribution in [2.75, 3.05) is 20.8 Å². The van der Waals surface area contributed by atoms with Crippen molar-refractivity contribution in [1.82, 2.24) is 5.32 Å². The number of carbonyl (C=O) groups excluding carboxylic acids is 1. The van der Waals surface area contributed by atoms with Crippen LogP contribution in [-0.2, 0) is 24.4 Å². The number of rotatable bonds is 10. The molecule has 28 heavy (non-hydrogen) atoms. The number of nitrogens with one attached hydrogen (secondary N) is 2. The lowest BCUT2D eigenvalue weighted by Gasteiger charge is -2.17. The summed E-state index contributed by atoms with van der Waals surface area (Å²) in [5.41, 5.74) is 0.955. The summed E-state index contributed by atoms with van der Waals surface area (Å²) in [5, 5.41) is 5.05. The fourth-order valence-electron chi connectivity index (χ4n) is 2.99. The molecule has 1 atom stereocenters. The van der Waals surface area contributed by atoms with Gasteiger partial charge < -0.3 is 24.1 Å². The van der Waals surface area contributed by atoms with Crippen molar-refractivity contribution in [1.29, 1.82) is 0 Å². The van der Waals surface area contributed by atoms with E-state index in [1.807, 2.05) is 36.4 Å². The molecule has 0 radical (unpaired) electrons. The van der Waals surface area contributed by atoms with Crippen molar-refractivity contribution in [3.8, 4) is 11.5 Å². The predicted octanol–water partition coefficient (Wildman–Crippen LogP) is 2.26. The molecule has 0 aliphatic carbocycles. The summed E-state index contributed by atoms with van der Waals surface area (Å²) >= 11 is 1.70. The van der Waals surface area contributed by atoms with E-state index in [-0.39, 0.29) is 5.91 Å². The molecule has 148 valence electrons. The number of hydrogen-bond acceptors (Lipinski definition) is 5. The highest BCUT2D eigenvalue weighted by Crippen LogP contribution is 2.27. The zero-order valence-corrected chi connectivity index (χ0v) is 16.9. The average molecular weight is 402 g/mol. The number of quaternary nitrogens is 1. The monoisotopic (exact) mass is 401 g/mol. The Morgan fingerprint density at radius 3 is 2.64 bits per heavy atom. The number of hydrogen-bond donors (Lipinski definition) is 2. The number of benzene rings is 1. The smallest absolute Gasteiger partial charge is 0.275 e. The fraction of sp³-hybridized carbons (Fsp3) is 0.286. The van der Waals surface area contributed by atoms with E-state index in [2.05, 4.69) is 16.8 Å². The zero-order valence-electron chi connectivity index (χ0n) is 16.1. The van der Waals surface area contributed by atoms with Crippen LogP contribution in [0.5, 0.6) is 11.5 Å². The minimum atomic E-state index is -0.00658. The second kappa shape index (κ2) is 9.96. The molecule has 3 aromatic rings. The summed E-state index contributed by atoms with van der Waals surface area (Å²) in [6, 6.07) is 13.6. The molecule has 0 bridgehead atoms. The predicted molar refractivity (Wildman–Crippen MR) is 108 cm³/mol. The van der Waals surface area contributed by atoms with E-state index >= 15 is 0 Å². The quantitative estimate of drug-likeness (QED) is 0.547. The first-order valence-corrected chi connectivity index (χ1v) is 9.92. The van der Waals surface area contributed by atoms with Crippen molar-refractivity contribution < 1.29 is 23.6 Å². The summed E-state index contributed by atoms with van der Waals surface area (Å²) in [6.07, 6.45) is 1.66. The topological polar surface area (TPSA) is 65.1 Å². The molecule has 0 aliphatic rings. The first-order chi connectivity index (χ1) is 13.7. The van der Waals surface area contributed by atoms with Crippen molar-refractivity contribution in [3.05, 3.63) is 70.3 Å². The molecule has 3 rings (SSSR count). The Morgan fingerprint density at radius 2 is 1.96 bits per heavy atom. The molecular weight excluding hydrogens is 376 g/mol. The Labute approximate surface area is 168 Å². The van der Waals surface area contributed by atoms with Crippen LogP contribution in [0.1, 0.15) is 16.2 Å². The number of thiophene rings is 1. The van der Waals surface area contributed by atoms with E-state index in [0.29, 0.717) is 31.1 Å². The van der Waals surface area contributed by atoms with Gasteiger partial charge in [0.2, 0.25) is 0 Å². The van der Waals surface area contributed by atoms with Gasteiger partial charge in [0.05, 0.1) is 25.4 Å². The van der Waals surface area contributed by atoms with Gasteiger partial charge in [-0.3, -0.25) is 4.79 Å². The van der Waals surface area contributed by atoms with Crippen LogP contribution in [0.15, 0.2) is 58.5 Å². The minimum absolute atomic E-state index is 0.00658. The summed E-state index contributed by atoms with van der Waals surface area (Å²) < 4.78 is 16.0. The van der Waals surface area contributed by atoms with Crippen LogP contribution in [0.25, 0.3) is 0 Å². The van der Waals surface area contributed by atoms with Crippen LogP contribution in [-0.4, -0.2) is 26.7 Å². The van der Waals surface area contributed by atoms with Crippen LogP contribution in [0.4, 0.5) is 0 Å². The highest BCUT2D eigenvalue weighted by Gasteiger charge is 2.17. The maximum Gasteiger partial charge on any atom is 0.275 e. The van der Waals surface area contributed by atoms with Gasteiger partial charge in [-0.1, -0.05) is 12.1 Å². The van der Waals surface area contributed by atoms with E-state index in [0.717, 1.165) is 22.8 Å². The van der Waals surface area contributed by atoms with E-state index in [4.69, 9.17) is 13.9 Å². The third-order valence-electron chi connectivity index (χ3n) is 4.36. The van der Waals surface area contributed by atoms with E-state index in [1.165, 1.54) is 4.88 Å². The number of furan rings is 1. The highest BCUT2D eigenvalue weighted by molar-refractivity contribution is 7.09. The van der Waals surface area contributed by atoms with Crippen molar-refractivity contribution in [2.24, 2.45) is 0 Å². The molecule has 0 spiro atoms. The van der Waals surface area contributed by atoms with Crippen LogP contribution in [0, 0.1) is 0 Å². The molecular formula is C21H25N2O4S+. The number of amides is 1. The normalized spacial score (nSPS) is 11.8.